The van der Waals surface area contributed by atoms with Crippen LogP contribution in [-0.2, 0) is 0 Å². The van der Waals surface area contributed by atoms with Crippen LogP contribution in [0, 0.1) is 0 Å². The molecule has 0 atom stereocenters. The standard InChI is InChI=1S/C6H5.C2H5O.Mg/c1-2-4-6-5-3-1;1-2-3;/h1-5H;2H2,1H3;/q;-1;+1. The van der Waals surface area contributed by atoms with Crippen LogP contribution in [0.5, 0.6) is 0 Å². The maximum atomic E-state index is 8.93. The van der Waals surface area contributed by atoms with E-state index in [1.165, 1.54) is 3.69 Å². The third kappa shape index (κ3) is 6.07. The van der Waals surface area contributed by atoms with E-state index < -0.39 is 0 Å². The van der Waals surface area contributed by atoms with Crippen molar-refractivity contribution in [2.45, 2.75) is 6.92 Å². The average Bonchev–Trinajstić information content (AvgIpc) is 1.91. The summed E-state index contributed by atoms with van der Waals surface area (Å²) in [7, 11) is 0. The molecule has 0 aliphatic heterocycles. The Bertz CT molecular complexity index is 151. The summed E-state index contributed by atoms with van der Waals surface area (Å²) >= 11 is 1.90. The quantitative estimate of drug-likeness (QED) is 0.467. The monoisotopic (exact) mass is 146 g/mol. The molecule has 2 heteroatoms. The Labute approximate surface area is 74.5 Å². The fourth-order valence-corrected chi connectivity index (χ4v) is 0.750. The normalized spacial score (nSPS) is 8.00. The average molecular weight is 146 g/mol. The molecule has 0 spiro atoms. The molecule has 0 radical (unpaired) electrons. The van der Waals surface area contributed by atoms with E-state index >= 15 is 0 Å². The van der Waals surface area contributed by atoms with Gasteiger partial charge in [0.25, 0.3) is 0 Å². The third-order valence-corrected chi connectivity index (χ3v) is 1.31. The van der Waals surface area contributed by atoms with Crippen molar-refractivity contribution in [3.8, 4) is 0 Å². The van der Waals surface area contributed by atoms with Crippen LogP contribution in [0.4, 0.5) is 0 Å². The first-order chi connectivity index (χ1) is 4.81. The molecule has 0 saturated heterocycles. The second kappa shape index (κ2) is 7.06. The Kier molecular flexibility index (Phi) is 7.02. The Hall–Kier alpha value is -0.0538. The summed E-state index contributed by atoms with van der Waals surface area (Å²) in [6, 6.07) is 10.3. The van der Waals surface area contributed by atoms with Gasteiger partial charge < -0.3 is 5.11 Å². The fraction of sp³-hybridized carbons (Fsp3) is 0.250. The zero-order valence-corrected chi connectivity index (χ0v) is 7.62. The molecule has 0 aliphatic carbocycles. The molecule has 0 bridgehead atoms. The van der Waals surface area contributed by atoms with E-state index in [1.807, 2.05) is 39.9 Å². The molecule has 0 aromatic heterocycles. The minimum atomic E-state index is 0. The van der Waals surface area contributed by atoms with E-state index in [2.05, 4.69) is 12.1 Å². The van der Waals surface area contributed by atoms with E-state index in [9.17, 15) is 0 Å². The van der Waals surface area contributed by atoms with Crippen molar-refractivity contribution in [2.75, 3.05) is 6.61 Å². The summed E-state index contributed by atoms with van der Waals surface area (Å²) in [5.41, 5.74) is 0. The van der Waals surface area contributed by atoms with Crippen molar-refractivity contribution in [3.05, 3.63) is 30.3 Å². The van der Waals surface area contributed by atoms with Gasteiger partial charge in [-0.25, -0.2) is 0 Å². The van der Waals surface area contributed by atoms with Gasteiger partial charge in [0.2, 0.25) is 0 Å². The molecule has 0 fully saturated rings. The predicted octanol–water partition coefficient (Wildman–Crippen LogP) is -0.153. The first-order valence-electron chi connectivity index (χ1n) is 3.26. The van der Waals surface area contributed by atoms with Crippen molar-refractivity contribution >= 4 is 25.4 Å². The summed E-state index contributed by atoms with van der Waals surface area (Å²) < 4.78 is 1.35. The summed E-state index contributed by atoms with van der Waals surface area (Å²) in [5.74, 6) is 0. The fourth-order valence-electron chi connectivity index (χ4n) is 0.478. The van der Waals surface area contributed by atoms with Crippen LogP contribution in [0.15, 0.2) is 30.3 Å². The molecule has 50 valence electrons. The zero-order valence-electron chi connectivity index (χ0n) is 6.21. The SMILES string of the molecule is CC[O-].[Mg+][c]1ccccc1. The van der Waals surface area contributed by atoms with Crippen LogP contribution in [0.1, 0.15) is 6.92 Å². The van der Waals surface area contributed by atoms with Gasteiger partial charge in [-0.15, -0.1) is 6.61 Å². The van der Waals surface area contributed by atoms with Gasteiger partial charge in [-0.05, 0) is 0 Å². The number of hydrogen-bond donors (Lipinski definition) is 0. The molecule has 0 amide bonds. The van der Waals surface area contributed by atoms with E-state index in [0.29, 0.717) is 0 Å². The van der Waals surface area contributed by atoms with Gasteiger partial charge in [-0.3, -0.25) is 0 Å². The predicted molar refractivity (Wildman–Crippen MR) is 42.4 cm³/mol. The molecule has 1 aromatic carbocycles. The first-order valence-corrected chi connectivity index (χ1v) is 3.97. The maximum absolute atomic E-state index is 8.93. The topological polar surface area (TPSA) is 23.1 Å². The van der Waals surface area contributed by atoms with Crippen LogP contribution >= 0.6 is 0 Å². The van der Waals surface area contributed by atoms with Crippen LogP contribution in [0.25, 0.3) is 0 Å². The molecule has 1 rings (SSSR count). The summed E-state index contributed by atoms with van der Waals surface area (Å²) in [6.45, 7) is 1.57. The first kappa shape index (κ1) is 9.95. The number of hydrogen-bond acceptors (Lipinski definition) is 1. The van der Waals surface area contributed by atoms with Gasteiger partial charge in [0.15, 0.2) is 0 Å². The van der Waals surface area contributed by atoms with E-state index in [0.717, 1.165) is 0 Å². The zero-order chi connectivity index (χ0) is 7.82. The van der Waals surface area contributed by atoms with Crippen LogP contribution in [-0.4, -0.2) is 28.3 Å². The van der Waals surface area contributed by atoms with E-state index in [4.69, 9.17) is 5.11 Å². The Balaban J connectivity index is 0.000000236. The van der Waals surface area contributed by atoms with Crippen molar-refractivity contribution in [3.63, 3.8) is 0 Å². The van der Waals surface area contributed by atoms with Gasteiger partial charge >= 0.3 is 55.7 Å². The van der Waals surface area contributed by atoms with E-state index in [-0.39, 0.29) is 6.61 Å². The molecule has 0 saturated carbocycles. The van der Waals surface area contributed by atoms with Gasteiger partial charge in [0.1, 0.15) is 0 Å². The third-order valence-electron chi connectivity index (χ3n) is 0.843. The molecular formula is C8H10MgO. The van der Waals surface area contributed by atoms with Crippen molar-refractivity contribution < 1.29 is 5.11 Å². The van der Waals surface area contributed by atoms with E-state index in [1.54, 1.807) is 6.92 Å². The molecule has 0 heterocycles. The van der Waals surface area contributed by atoms with Crippen molar-refractivity contribution in [1.82, 2.24) is 0 Å². The molecule has 10 heavy (non-hydrogen) atoms. The van der Waals surface area contributed by atoms with Crippen molar-refractivity contribution in [2.24, 2.45) is 0 Å². The second-order valence-electron chi connectivity index (χ2n) is 1.77. The molecule has 1 aromatic rings. The summed E-state index contributed by atoms with van der Waals surface area (Å²) in [4.78, 5) is 0. The molecule has 0 unspecified atom stereocenters. The van der Waals surface area contributed by atoms with Crippen LogP contribution in [0.2, 0.25) is 0 Å². The second-order valence-corrected chi connectivity index (χ2v) is 2.59. The van der Waals surface area contributed by atoms with Gasteiger partial charge in [-0.2, -0.15) is 0 Å². The Morgan fingerprint density at radius 3 is 1.90 bits per heavy atom. The summed E-state index contributed by atoms with van der Waals surface area (Å²) in [6.07, 6.45) is 0. The molecule has 0 aliphatic rings. The number of benzene rings is 1. The molecule has 0 N–H and O–H groups in total. The van der Waals surface area contributed by atoms with Gasteiger partial charge in [0, 0.05) is 0 Å². The Morgan fingerprint density at radius 2 is 1.70 bits per heavy atom. The van der Waals surface area contributed by atoms with Crippen LogP contribution < -0.4 is 8.80 Å². The summed E-state index contributed by atoms with van der Waals surface area (Å²) in [5, 5.41) is 8.93. The van der Waals surface area contributed by atoms with Gasteiger partial charge in [-0.1, -0.05) is 6.92 Å². The molecule has 1 nitrogen and oxygen atoms in total. The van der Waals surface area contributed by atoms with Gasteiger partial charge in [0.05, 0.1) is 0 Å². The Morgan fingerprint density at radius 1 is 1.30 bits per heavy atom. The van der Waals surface area contributed by atoms with Crippen molar-refractivity contribution in [1.29, 1.82) is 0 Å². The van der Waals surface area contributed by atoms with Crippen LogP contribution in [0.3, 0.4) is 0 Å². The minimum absolute atomic E-state index is 0. The molecular weight excluding hydrogens is 136 g/mol. The number of rotatable bonds is 0.